The summed E-state index contributed by atoms with van der Waals surface area (Å²) in [6.45, 7) is 3.85. The van der Waals surface area contributed by atoms with Gasteiger partial charge in [0, 0.05) is 12.1 Å². The number of amides is 3. The van der Waals surface area contributed by atoms with Crippen LogP contribution in [0.3, 0.4) is 0 Å². The van der Waals surface area contributed by atoms with E-state index in [9.17, 15) is 14.4 Å². The molecule has 3 amide bonds. The zero-order chi connectivity index (χ0) is 19.4. The molecule has 3 rings (SSSR count). The first-order valence-corrected chi connectivity index (χ1v) is 8.97. The molecular formula is C21H23N3O3. The zero-order valence-electron chi connectivity index (χ0n) is 15.4. The highest BCUT2D eigenvalue weighted by Crippen LogP contribution is 2.22. The average molecular weight is 365 g/mol. The van der Waals surface area contributed by atoms with Gasteiger partial charge in [-0.05, 0) is 37.0 Å². The number of carbonyl (C=O) groups excluding carboxylic acids is 3. The molecule has 27 heavy (non-hydrogen) atoms. The van der Waals surface area contributed by atoms with E-state index in [-0.39, 0.29) is 17.7 Å². The van der Waals surface area contributed by atoms with Crippen LogP contribution in [0.2, 0.25) is 0 Å². The standard InChI is InChI=1S/C21H23N3O3/c1-13-7-6-8-14(2)18(13)23-21(27)19(15-9-4-3-5-10-15)24-20(26)16-11-12-17(25)22-16/h3-10,16,19H,11-12H2,1-2H3,(H,22,25)(H,23,27)(H,24,26)/t16-,19+/m0/s1. The van der Waals surface area contributed by atoms with Crippen molar-refractivity contribution in [3.8, 4) is 0 Å². The van der Waals surface area contributed by atoms with Gasteiger partial charge in [-0.1, -0.05) is 48.5 Å². The molecule has 0 aromatic heterocycles. The number of hydrogen-bond donors (Lipinski definition) is 3. The lowest BCUT2D eigenvalue weighted by Gasteiger charge is -2.22. The van der Waals surface area contributed by atoms with Gasteiger partial charge >= 0.3 is 0 Å². The third-order valence-corrected chi connectivity index (χ3v) is 4.72. The van der Waals surface area contributed by atoms with Gasteiger partial charge in [-0.2, -0.15) is 0 Å². The SMILES string of the molecule is Cc1cccc(C)c1NC(=O)[C@H](NC(=O)[C@@H]1CCC(=O)N1)c1ccccc1. The molecule has 0 spiro atoms. The van der Waals surface area contributed by atoms with Crippen molar-refractivity contribution in [3.63, 3.8) is 0 Å². The van der Waals surface area contributed by atoms with Crippen LogP contribution in [0.25, 0.3) is 0 Å². The van der Waals surface area contributed by atoms with Crippen LogP contribution < -0.4 is 16.0 Å². The third-order valence-electron chi connectivity index (χ3n) is 4.72. The van der Waals surface area contributed by atoms with Crippen LogP contribution in [0.1, 0.15) is 35.6 Å². The topological polar surface area (TPSA) is 87.3 Å². The minimum Gasteiger partial charge on any atom is -0.344 e. The number of benzene rings is 2. The van der Waals surface area contributed by atoms with E-state index in [0.29, 0.717) is 18.4 Å². The van der Waals surface area contributed by atoms with Gasteiger partial charge in [0.15, 0.2) is 0 Å². The molecule has 0 radical (unpaired) electrons. The molecule has 1 saturated heterocycles. The predicted octanol–water partition coefficient (Wildman–Crippen LogP) is 2.38. The van der Waals surface area contributed by atoms with Crippen molar-refractivity contribution >= 4 is 23.4 Å². The first-order chi connectivity index (χ1) is 13.0. The molecule has 2 atom stereocenters. The highest BCUT2D eigenvalue weighted by atomic mass is 16.2. The maximum atomic E-state index is 13.0. The van der Waals surface area contributed by atoms with Crippen LogP contribution in [0.5, 0.6) is 0 Å². The predicted molar refractivity (Wildman–Crippen MR) is 103 cm³/mol. The molecule has 1 aliphatic rings. The van der Waals surface area contributed by atoms with Gasteiger partial charge in [-0.25, -0.2) is 0 Å². The molecule has 0 aliphatic carbocycles. The summed E-state index contributed by atoms with van der Waals surface area (Å²) in [6, 6.07) is 13.4. The molecule has 0 bridgehead atoms. The molecule has 0 unspecified atom stereocenters. The van der Waals surface area contributed by atoms with Crippen LogP contribution in [-0.2, 0) is 14.4 Å². The molecule has 140 valence electrons. The number of rotatable bonds is 5. The van der Waals surface area contributed by atoms with Gasteiger partial charge in [0.05, 0.1) is 0 Å². The molecule has 2 aromatic rings. The first kappa shape index (κ1) is 18.6. The van der Waals surface area contributed by atoms with E-state index in [1.54, 1.807) is 12.1 Å². The van der Waals surface area contributed by atoms with Gasteiger partial charge in [0.2, 0.25) is 11.8 Å². The number of aryl methyl sites for hydroxylation is 2. The van der Waals surface area contributed by atoms with Gasteiger partial charge in [-0.3, -0.25) is 14.4 Å². The summed E-state index contributed by atoms with van der Waals surface area (Å²) in [5.74, 6) is -0.825. The highest BCUT2D eigenvalue weighted by molar-refractivity contribution is 6.00. The van der Waals surface area contributed by atoms with E-state index < -0.39 is 12.1 Å². The maximum absolute atomic E-state index is 13.0. The summed E-state index contributed by atoms with van der Waals surface area (Å²) in [5, 5.41) is 8.36. The number of carbonyl (C=O) groups is 3. The Morgan fingerprint density at radius 3 is 2.30 bits per heavy atom. The fraction of sp³-hybridized carbons (Fsp3) is 0.286. The molecule has 1 aliphatic heterocycles. The summed E-state index contributed by atoms with van der Waals surface area (Å²) in [6.07, 6.45) is 0.757. The maximum Gasteiger partial charge on any atom is 0.251 e. The number of hydrogen-bond acceptors (Lipinski definition) is 3. The Hall–Kier alpha value is -3.15. The Bertz CT molecular complexity index is 844. The zero-order valence-corrected chi connectivity index (χ0v) is 15.4. The van der Waals surface area contributed by atoms with Crippen molar-refractivity contribution in [1.82, 2.24) is 10.6 Å². The fourth-order valence-electron chi connectivity index (χ4n) is 3.21. The minimum absolute atomic E-state index is 0.147. The van der Waals surface area contributed by atoms with Crippen molar-refractivity contribution in [1.29, 1.82) is 0 Å². The van der Waals surface area contributed by atoms with E-state index in [4.69, 9.17) is 0 Å². The second-order valence-corrected chi connectivity index (χ2v) is 6.77. The molecule has 2 aromatic carbocycles. The molecule has 0 saturated carbocycles. The Morgan fingerprint density at radius 1 is 1.04 bits per heavy atom. The summed E-state index contributed by atoms with van der Waals surface area (Å²) in [4.78, 5) is 37.0. The fourth-order valence-corrected chi connectivity index (χ4v) is 3.21. The largest absolute Gasteiger partial charge is 0.344 e. The Morgan fingerprint density at radius 2 is 1.70 bits per heavy atom. The Labute approximate surface area is 158 Å². The number of anilines is 1. The molecule has 1 heterocycles. The highest BCUT2D eigenvalue weighted by Gasteiger charge is 2.31. The molecule has 6 nitrogen and oxygen atoms in total. The van der Waals surface area contributed by atoms with E-state index in [1.807, 2.05) is 50.2 Å². The Kier molecular flexibility index (Phi) is 5.54. The van der Waals surface area contributed by atoms with Gasteiger partial charge in [0.1, 0.15) is 12.1 Å². The first-order valence-electron chi connectivity index (χ1n) is 8.97. The molecular weight excluding hydrogens is 342 g/mol. The second kappa shape index (κ2) is 8.03. The second-order valence-electron chi connectivity index (χ2n) is 6.77. The van der Waals surface area contributed by atoms with Crippen LogP contribution >= 0.6 is 0 Å². The summed E-state index contributed by atoms with van der Waals surface area (Å²) >= 11 is 0. The van der Waals surface area contributed by atoms with Crippen molar-refractivity contribution in [3.05, 3.63) is 65.2 Å². The minimum atomic E-state index is -0.852. The quantitative estimate of drug-likeness (QED) is 0.760. The van der Waals surface area contributed by atoms with Crippen LogP contribution in [-0.4, -0.2) is 23.8 Å². The monoisotopic (exact) mass is 365 g/mol. The van der Waals surface area contributed by atoms with Gasteiger partial charge in [0.25, 0.3) is 5.91 Å². The van der Waals surface area contributed by atoms with E-state index in [0.717, 1.165) is 16.8 Å². The lowest BCUT2D eigenvalue weighted by atomic mass is 10.0. The smallest absolute Gasteiger partial charge is 0.251 e. The van der Waals surface area contributed by atoms with E-state index >= 15 is 0 Å². The van der Waals surface area contributed by atoms with E-state index in [2.05, 4.69) is 16.0 Å². The van der Waals surface area contributed by atoms with Crippen molar-refractivity contribution in [2.24, 2.45) is 0 Å². The lowest BCUT2D eigenvalue weighted by molar-refractivity contribution is -0.128. The lowest BCUT2D eigenvalue weighted by Crippen LogP contribution is -2.46. The van der Waals surface area contributed by atoms with Gasteiger partial charge < -0.3 is 16.0 Å². The van der Waals surface area contributed by atoms with Crippen molar-refractivity contribution in [2.45, 2.75) is 38.8 Å². The summed E-state index contributed by atoms with van der Waals surface area (Å²) in [7, 11) is 0. The van der Waals surface area contributed by atoms with Crippen molar-refractivity contribution < 1.29 is 14.4 Å². The van der Waals surface area contributed by atoms with Crippen LogP contribution in [0, 0.1) is 13.8 Å². The van der Waals surface area contributed by atoms with E-state index in [1.165, 1.54) is 0 Å². The van der Waals surface area contributed by atoms with Gasteiger partial charge in [-0.15, -0.1) is 0 Å². The summed E-state index contributed by atoms with van der Waals surface area (Å²) in [5.41, 5.74) is 3.32. The van der Waals surface area contributed by atoms with Crippen molar-refractivity contribution in [2.75, 3.05) is 5.32 Å². The Balaban J connectivity index is 1.82. The van der Waals surface area contributed by atoms with Crippen LogP contribution in [0.15, 0.2) is 48.5 Å². The summed E-state index contributed by atoms with van der Waals surface area (Å²) < 4.78 is 0. The van der Waals surface area contributed by atoms with Crippen LogP contribution in [0.4, 0.5) is 5.69 Å². The molecule has 3 N–H and O–H groups in total. The number of para-hydroxylation sites is 1. The normalized spacial score (nSPS) is 17.1. The molecule has 1 fully saturated rings. The third kappa shape index (κ3) is 4.34. The number of nitrogens with one attached hydrogen (secondary N) is 3. The average Bonchev–Trinajstić information content (AvgIpc) is 3.10. The molecule has 6 heteroatoms.